The standard InChI is InChI=1S/C16H16S4/c1-11-7-3-5-9-13(11)19-15(17)16(18)20-14-10-6-4-8-12(14)2/h3-10,17-18H,1-2H3/b16-15-. The van der Waals surface area contributed by atoms with Crippen molar-refractivity contribution in [3.8, 4) is 0 Å². The SMILES string of the molecule is Cc1ccccc1S/C(S)=C(/S)Sc1ccccc1C. The first-order valence-corrected chi connectivity index (χ1v) is 8.70. The summed E-state index contributed by atoms with van der Waals surface area (Å²) in [6.45, 7) is 4.21. The van der Waals surface area contributed by atoms with E-state index < -0.39 is 0 Å². The van der Waals surface area contributed by atoms with Gasteiger partial charge in [-0.15, -0.1) is 25.3 Å². The summed E-state index contributed by atoms with van der Waals surface area (Å²) in [6.07, 6.45) is 0. The Labute approximate surface area is 140 Å². The Morgan fingerprint density at radius 2 is 1.05 bits per heavy atom. The van der Waals surface area contributed by atoms with Crippen LogP contribution in [-0.4, -0.2) is 0 Å². The maximum atomic E-state index is 4.59. The predicted octanol–water partition coefficient (Wildman–Crippen LogP) is 6.17. The van der Waals surface area contributed by atoms with Gasteiger partial charge in [-0.25, -0.2) is 0 Å². The van der Waals surface area contributed by atoms with Gasteiger partial charge in [-0.1, -0.05) is 59.9 Å². The van der Waals surface area contributed by atoms with Gasteiger partial charge in [0, 0.05) is 9.79 Å². The molecule has 0 nitrogen and oxygen atoms in total. The number of aryl methyl sites for hydroxylation is 2. The summed E-state index contributed by atoms with van der Waals surface area (Å²) in [5, 5.41) is 0. The monoisotopic (exact) mass is 336 g/mol. The number of thiol groups is 2. The van der Waals surface area contributed by atoms with Crippen molar-refractivity contribution in [3.05, 3.63) is 68.1 Å². The maximum Gasteiger partial charge on any atom is 0.0621 e. The van der Waals surface area contributed by atoms with Gasteiger partial charge in [0.05, 0.1) is 8.47 Å². The van der Waals surface area contributed by atoms with Crippen LogP contribution < -0.4 is 0 Å². The molecule has 0 aliphatic rings. The van der Waals surface area contributed by atoms with Crippen LogP contribution in [0.15, 0.2) is 66.8 Å². The van der Waals surface area contributed by atoms with Crippen molar-refractivity contribution in [2.24, 2.45) is 0 Å². The Morgan fingerprint density at radius 3 is 1.40 bits per heavy atom. The van der Waals surface area contributed by atoms with E-state index in [9.17, 15) is 0 Å². The minimum Gasteiger partial charge on any atom is -0.135 e. The third kappa shape index (κ3) is 4.29. The molecule has 0 radical (unpaired) electrons. The Kier molecular flexibility index (Phi) is 6.02. The Morgan fingerprint density at radius 1 is 0.700 bits per heavy atom. The van der Waals surface area contributed by atoms with Crippen LogP contribution >= 0.6 is 48.8 Å². The van der Waals surface area contributed by atoms with Gasteiger partial charge in [-0.2, -0.15) is 0 Å². The van der Waals surface area contributed by atoms with Crippen LogP contribution in [0.25, 0.3) is 0 Å². The van der Waals surface area contributed by atoms with Crippen LogP contribution in [0.4, 0.5) is 0 Å². The molecule has 0 aliphatic heterocycles. The highest BCUT2D eigenvalue weighted by molar-refractivity contribution is 8.21. The smallest absolute Gasteiger partial charge is 0.0621 e. The van der Waals surface area contributed by atoms with E-state index in [0.717, 1.165) is 8.47 Å². The lowest BCUT2D eigenvalue weighted by atomic mass is 10.2. The highest BCUT2D eigenvalue weighted by atomic mass is 32.2. The lowest BCUT2D eigenvalue weighted by molar-refractivity contribution is 1.31. The van der Waals surface area contributed by atoms with E-state index >= 15 is 0 Å². The van der Waals surface area contributed by atoms with Crippen LogP contribution in [0.5, 0.6) is 0 Å². The first-order valence-electron chi connectivity index (χ1n) is 6.17. The number of hydrogen-bond donors (Lipinski definition) is 2. The zero-order chi connectivity index (χ0) is 14.5. The van der Waals surface area contributed by atoms with Gasteiger partial charge in [0.2, 0.25) is 0 Å². The molecule has 0 aromatic heterocycles. The van der Waals surface area contributed by atoms with Gasteiger partial charge in [0.15, 0.2) is 0 Å². The molecular formula is C16H16S4. The molecule has 0 spiro atoms. The Hall–Kier alpha value is -0.420. The number of hydrogen-bond acceptors (Lipinski definition) is 4. The van der Waals surface area contributed by atoms with E-state index in [-0.39, 0.29) is 0 Å². The van der Waals surface area contributed by atoms with E-state index in [4.69, 9.17) is 0 Å². The minimum atomic E-state index is 0.927. The average molecular weight is 337 g/mol. The molecule has 104 valence electrons. The predicted molar refractivity (Wildman–Crippen MR) is 99.1 cm³/mol. The molecule has 0 atom stereocenters. The summed E-state index contributed by atoms with van der Waals surface area (Å²) in [4.78, 5) is 2.43. The highest BCUT2D eigenvalue weighted by Gasteiger charge is 2.07. The summed E-state index contributed by atoms with van der Waals surface area (Å²) >= 11 is 12.5. The van der Waals surface area contributed by atoms with Gasteiger partial charge in [0.25, 0.3) is 0 Å². The number of benzene rings is 2. The fourth-order valence-electron chi connectivity index (χ4n) is 1.64. The maximum absolute atomic E-state index is 4.59. The molecule has 2 rings (SSSR count). The van der Waals surface area contributed by atoms with E-state index in [2.05, 4.69) is 63.4 Å². The van der Waals surface area contributed by atoms with E-state index in [1.54, 1.807) is 23.5 Å². The van der Waals surface area contributed by atoms with Crippen molar-refractivity contribution >= 4 is 48.8 Å². The molecule has 4 heteroatoms. The molecule has 0 amide bonds. The molecule has 0 aliphatic carbocycles. The molecule has 0 N–H and O–H groups in total. The highest BCUT2D eigenvalue weighted by Crippen LogP contribution is 2.41. The van der Waals surface area contributed by atoms with Gasteiger partial charge < -0.3 is 0 Å². The molecule has 20 heavy (non-hydrogen) atoms. The molecule has 2 aromatic carbocycles. The van der Waals surface area contributed by atoms with Crippen molar-refractivity contribution < 1.29 is 0 Å². The van der Waals surface area contributed by atoms with Crippen LogP contribution in [0, 0.1) is 13.8 Å². The van der Waals surface area contributed by atoms with E-state index in [0.29, 0.717) is 0 Å². The van der Waals surface area contributed by atoms with Crippen molar-refractivity contribution in [2.45, 2.75) is 23.6 Å². The van der Waals surface area contributed by atoms with Crippen LogP contribution in [0.1, 0.15) is 11.1 Å². The first-order chi connectivity index (χ1) is 9.58. The lowest BCUT2D eigenvalue weighted by Gasteiger charge is -2.09. The molecule has 0 bridgehead atoms. The van der Waals surface area contributed by atoms with Crippen molar-refractivity contribution in [1.82, 2.24) is 0 Å². The Balaban J connectivity index is 2.16. The van der Waals surface area contributed by atoms with Crippen molar-refractivity contribution in [2.75, 3.05) is 0 Å². The summed E-state index contributed by atoms with van der Waals surface area (Å²) in [5.41, 5.74) is 2.51. The zero-order valence-corrected chi connectivity index (χ0v) is 14.8. The van der Waals surface area contributed by atoms with Crippen LogP contribution in [0.2, 0.25) is 0 Å². The first kappa shape index (κ1) is 16.0. The van der Waals surface area contributed by atoms with Gasteiger partial charge in [0.1, 0.15) is 0 Å². The molecule has 0 saturated heterocycles. The lowest BCUT2D eigenvalue weighted by Crippen LogP contribution is -1.80. The van der Waals surface area contributed by atoms with Crippen molar-refractivity contribution in [1.29, 1.82) is 0 Å². The summed E-state index contributed by atoms with van der Waals surface area (Å²) in [6, 6.07) is 16.6. The second kappa shape index (κ2) is 7.55. The van der Waals surface area contributed by atoms with Crippen LogP contribution in [0.3, 0.4) is 0 Å². The third-order valence-electron chi connectivity index (χ3n) is 2.78. The molecule has 0 fully saturated rings. The fraction of sp³-hybridized carbons (Fsp3) is 0.125. The van der Waals surface area contributed by atoms with E-state index in [1.807, 2.05) is 24.3 Å². The van der Waals surface area contributed by atoms with Crippen LogP contribution in [-0.2, 0) is 0 Å². The number of rotatable bonds is 4. The second-order valence-electron chi connectivity index (χ2n) is 4.35. The largest absolute Gasteiger partial charge is 0.135 e. The molecular weight excluding hydrogens is 320 g/mol. The summed E-state index contributed by atoms with van der Waals surface area (Å²) in [5.74, 6) is 0. The molecule has 0 heterocycles. The average Bonchev–Trinajstić information content (AvgIpc) is 2.43. The summed E-state index contributed by atoms with van der Waals surface area (Å²) in [7, 11) is 0. The zero-order valence-electron chi connectivity index (χ0n) is 11.3. The minimum absolute atomic E-state index is 0.927. The molecule has 2 aromatic rings. The second-order valence-corrected chi connectivity index (χ2v) is 7.95. The van der Waals surface area contributed by atoms with Gasteiger partial charge >= 0.3 is 0 Å². The van der Waals surface area contributed by atoms with Crippen molar-refractivity contribution in [3.63, 3.8) is 0 Å². The molecule has 0 unspecified atom stereocenters. The Bertz CT molecular complexity index is 576. The normalized spacial score (nSPS) is 12.2. The third-order valence-corrected chi connectivity index (χ3v) is 6.54. The fourth-order valence-corrected chi connectivity index (χ4v) is 4.09. The summed E-state index contributed by atoms with van der Waals surface area (Å²) < 4.78 is 1.85. The topological polar surface area (TPSA) is 0 Å². The van der Waals surface area contributed by atoms with Gasteiger partial charge in [-0.05, 0) is 37.1 Å². The number of thioether (sulfide) groups is 2. The van der Waals surface area contributed by atoms with E-state index in [1.165, 1.54) is 20.9 Å². The quantitative estimate of drug-likeness (QED) is 0.506. The molecule has 0 saturated carbocycles. The van der Waals surface area contributed by atoms with Gasteiger partial charge in [-0.3, -0.25) is 0 Å².